The van der Waals surface area contributed by atoms with Gasteiger partial charge in [-0.3, -0.25) is 9.52 Å². The monoisotopic (exact) mass is 300 g/mol. The lowest BCUT2D eigenvalue weighted by Gasteiger charge is -2.09. The second kappa shape index (κ2) is 7.25. The topological polar surface area (TPSA) is 95.5 Å². The van der Waals surface area contributed by atoms with E-state index in [2.05, 4.69) is 10.0 Å². The molecule has 6 nitrogen and oxygen atoms in total. The minimum Gasteiger partial charge on any atom is -0.393 e. The van der Waals surface area contributed by atoms with Gasteiger partial charge in [0.25, 0.3) is 0 Å². The van der Waals surface area contributed by atoms with Gasteiger partial charge >= 0.3 is 0 Å². The Balaban J connectivity index is 2.57. The summed E-state index contributed by atoms with van der Waals surface area (Å²) >= 11 is 0. The molecule has 0 saturated carbocycles. The van der Waals surface area contributed by atoms with E-state index >= 15 is 0 Å². The van der Waals surface area contributed by atoms with E-state index in [-0.39, 0.29) is 18.1 Å². The lowest BCUT2D eigenvalue weighted by atomic mass is 10.2. The van der Waals surface area contributed by atoms with E-state index < -0.39 is 16.1 Å². The van der Waals surface area contributed by atoms with Crippen molar-refractivity contribution in [1.82, 2.24) is 0 Å². The zero-order valence-electron chi connectivity index (χ0n) is 11.6. The standard InChI is InChI=1S/C13H20N2O4S/c1-3-20(18,19)15-12-7-5-11(6-8-12)14-13(17)9-4-10(2)16/h5-8,10,15-16H,3-4,9H2,1-2H3,(H,14,17). The van der Waals surface area contributed by atoms with Gasteiger partial charge in [0, 0.05) is 17.8 Å². The van der Waals surface area contributed by atoms with Crippen LogP contribution in [0.5, 0.6) is 0 Å². The molecule has 1 amide bonds. The molecule has 0 spiro atoms. The highest BCUT2D eigenvalue weighted by molar-refractivity contribution is 7.92. The molecule has 1 atom stereocenters. The van der Waals surface area contributed by atoms with E-state index in [9.17, 15) is 13.2 Å². The predicted molar refractivity (Wildman–Crippen MR) is 79.1 cm³/mol. The molecule has 0 heterocycles. The zero-order chi connectivity index (χ0) is 15.2. The summed E-state index contributed by atoms with van der Waals surface area (Å²) in [5.41, 5.74) is 1.04. The van der Waals surface area contributed by atoms with E-state index in [1.54, 1.807) is 38.1 Å². The van der Waals surface area contributed by atoms with Crippen LogP contribution in [0.3, 0.4) is 0 Å². The van der Waals surface area contributed by atoms with E-state index in [0.717, 1.165) is 0 Å². The molecule has 0 aliphatic heterocycles. The molecule has 0 saturated heterocycles. The summed E-state index contributed by atoms with van der Waals surface area (Å²) in [6.07, 6.45) is 0.133. The Bertz CT molecular complexity index is 538. The van der Waals surface area contributed by atoms with Gasteiger partial charge in [0.05, 0.1) is 11.9 Å². The number of carbonyl (C=O) groups is 1. The van der Waals surface area contributed by atoms with Gasteiger partial charge in [-0.05, 0) is 44.5 Å². The number of carbonyl (C=O) groups excluding carboxylic acids is 1. The summed E-state index contributed by atoms with van der Waals surface area (Å²) in [5.74, 6) is -0.182. The van der Waals surface area contributed by atoms with Crippen LogP contribution in [-0.2, 0) is 14.8 Å². The highest BCUT2D eigenvalue weighted by Gasteiger charge is 2.07. The number of hydrogen-bond acceptors (Lipinski definition) is 4. The Morgan fingerprint density at radius 2 is 1.80 bits per heavy atom. The number of benzene rings is 1. The third kappa shape index (κ3) is 6.03. The van der Waals surface area contributed by atoms with Crippen LogP contribution in [0.2, 0.25) is 0 Å². The maximum atomic E-state index is 11.5. The summed E-state index contributed by atoms with van der Waals surface area (Å²) in [4.78, 5) is 11.5. The molecular weight excluding hydrogens is 280 g/mol. The van der Waals surface area contributed by atoms with Gasteiger partial charge in [0.15, 0.2) is 0 Å². The minimum atomic E-state index is -3.29. The third-order valence-corrected chi connectivity index (χ3v) is 3.92. The first-order valence-corrected chi connectivity index (χ1v) is 8.06. The number of rotatable bonds is 7. The van der Waals surface area contributed by atoms with Gasteiger partial charge in [-0.1, -0.05) is 0 Å². The molecule has 1 rings (SSSR count). The lowest BCUT2D eigenvalue weighted by molar-refractivity contribution is -0.116. The van der Waals surface area contributed by atoms with Crippen molar-refractivity contribution in [3.05, 3.63) is 24.3 Å². The largest absolute Gasteiger partial charge is 0.393 e. The van der Waals surface area contributed by atoms with Crippen LogP contribution in [0, 0.1) is 0 Å². The molecule has 0 aliphatic rings. The van der Waals surface area contributed by atoms with Crippen molar-refractivity contribution in [3.63, 3.8) is 0 Å². The van der Waals surface area contributed by atoms with Gasteiger partial charge in [0.1, 0.15) is 0 Å². The molecule has 0 aromatic heterocycles. The Hall–Kier alpha value is -1.60. The first-order chi connectivity index (χ1) is 9.32. The fraction of sp³-hybridized carbons (Fsp3) is 0.462. The van der Waals surface area contributed by atoms with E-state index in [0.29, 0.717) is 17.8 Å². The van der Waals surface area contributed by atoms with Gasteiger partial charge in [0.2, 0.25) is 15.9 Å². The minimum absolute atomic E-state index is 0.00479. The highest BCUT2D eigenvalue weighted by atomic mass is 32.2. The van der Waals surface area contributed by atoms with Crippen molar-refractivity contribution >= 4 is 27.3 Å². The molecule has 0 radical (unpaired) electrons. The second-order valence-electron chi connectivity index (χ2n) is 4.52. The fourth-order valence-electron chi connectivity index (χ4n) is 1.44. The Morgan fingerprint density at radius 3 is 2.30 bits per heavy atom. The predicted octanol–water partition coefficient (Wildman–Crippen LogP) is 1.55. The molecule has 112 valence electrons. The second-order valence-corrected chi connectivity index (χ2v) is 6.53. The molecule has 1 aromatic rings. The Labute approximate surface area is 119 Å². The van der Waals surface area contributed by atoms with E-state index in [1.807, 2.05) is 0 Å². The molecule has 0 aliphatic carbocycles. The number of aliphatic hydroxyl groups excluding tert-OH is 1. The number of nitrogens with one attached hydrogen (secondary N) is 2. The number of anilines is 2. The number of aliphatic hydroxyl groups is 1. The van der Waals surface area contributed by atoms with Crippen molar-refractivity contribution in [3.8, 4) is 0 Å². The molecule has 0 bridgehead atoms. The maximum Gasteiger partial charge on any atom is 0.232 e. The van der Waals surface area contributed by atoms with Crippen molar-refractivity contribution in [1.29, 1.82) is 0 Å². The summed E-state index contributed by atoms with van der Waals surface area (Å²) in [5, 5.41) is 11.8. The highest BCUT2D eigenvalue weighted by Crippen LogP contribution is 2.15. The van der Waals surface area contributed by atoms with Gasteiger partial charge < -0.3 is 10.4 Å². The first-order valence-electron chi connectivity index (χ1n) is 6.41. The van der Waals surface area contributed by atoms with Crippen LogP contribution >= 0.6 is 0 Å². The quantitative estimate of drug-likeness (QED) is 0.712. The average Bonchev–Trinajstić information content (AvgIpc) is 2.38. The molecule has 3 N–H and O–H groups in total. The Morgan fingerprint density at radius 1 is 1.25 bits per heavy atom. The zero-order valence-corrected chi connectivity index (χ0v) is 12.4. The SMILES string of the molecule is CCS(=O)(=O)Nc1ccc(NC(=O)CCC(C)O)cc1. The van der Waals surface area contributed by atoms with Gasteiger partial charge in [-0.2, -0.15) is 0 Å². The molecule has 1 aromatic carbocycles. The van der Waals surface area contributed by atoms with Crippen LogP contribution in [0.1, 0.15) is 26.7 Å². The third-order valence-electron chi connectivity index (χ3n) is 2.61. The van der Waals surface area contributed by atoms with Crippen molar-refractivity contribution in [2.75, 3.05) is 15.8 Å². The number of hydrogen-bond donors (Lipinski definition) is 3. The molecule has 7 heteroatoms. The first kappa shape index (κ1) is 16.5. The number of sulfonamides is 1. The van der Waals surface area contributed by atoms with Crippen LogP contribution in [-0.4, -0.2) is 31.3 Å². The van der Waals surface area contributed by atoms with E-state index in [4.69, 9.17) is 5.11 Å². The van der Waals surface area contributed by atoms with Crippen molar-refractivity contribution < 1.29 is 18.3 Å². The van der Waals surface area contributed by atoms with Crippen molar-refractivity contribution in [2.24, 2.45) is 0 Å². The fourth-order valence-corrected chi connectivity index (χ4v) is 2.08. The van der Waals surface area contributed by atoms with Crippen LogP contribution in [0.25, 0.3) is 0 Å². The van der Waals surface area contributed by atoms with Gasteiger partial charge in [-0.25, -0.2) is 8.42 Å². The molecule has 20 heavy (non-hydrogen) atoms. The van der Waals surface area contributed by atoms with Gasteiger partial charge in [-0.15, -0.1) is 0 Å². The van der Waals surface area contributed by atoms with Crippen LogP contribution < -0.4 is 10.0 Å². The molecular formula is C13H20N2O4S. The smallest absolute Gasteiger partial charge is 0.232 e. The molecule has 1 unspecified atom stereocenters. The summed E-state index contributed by atoms with van der Waals surface area (Å²) in [6, 6.07) is 6.40. The van der Waals surface area contributed by atoms with E-state index in [1.165, 1.54) is 0 Å². The van der Waals surface area contributed by atoms with Crippen LogP contribution in [0.15, 0.2) is 24.3 Å². The summed E-state index contributed by atoms with van der Waals surface area (Å²) < 4.78 is 25.2. The van der Waals surface area contributed by atoms with Crippen LogP contribution in [0.4, 0.5) is 11.4 Å². The average molecular weight is 300 g/mol. The Kier molecular flexibility index (Phi) is 5.97. The summed E-state index contributed by atoms with van der Waals surface area (Å²) in [6.45, 7) is 3.18. The molecule has 0 fully saturated rings. The van der Waals surface area contributed by atoms with Crippen molar-refractivity contribution in [2.45, 2.75) is 32.8 Å². The normalized spacial score (nSPS) is 12.8. The lowest BCUT2D eigenvalue weighted by Crippen LogP contribution is -2.15. The summed E-state index contributed by atoms with van der Waals surface area (Å²) in [7, 11) is -3.29. The number of amides is 1. The maximum absolute atomic E-state index is 11.5.